The third kappa shape index (κ3) is 4.05. The highest BCUT2D eigenvalue weighted by atomic mass is 35.5. The Kier molecular flexibility index (Phi) is 4.94. The van der Waals surface area contributed by atoms with Gasteiger partial charge in [0.2, 0.25) is 0 Å². The molecule has 2 rings (SSSR count). The zero-order chi connectivity index (χ0) is 13.7. The first kappa shape index (κ1) is 14.0. The normalized spacial score (nSPS) is 12.6. The van der Waals surface area contributed by atoms with Gasteiger partial charge >= 0.3 is 0 Å². The van der Waals surface area contributed by atoms with Crippen LogP contribution in [0.15, 0.2) is 48.7 Å². The van der Waals surface area contributed by atoms with Crippen LogP contribution in [0.25, 0.3) is 0 Å². The molecular formula is C16H19ClN2. The quantitative estimate of drug-likeness (QED) is 0.824. The third-order valence-corrected chi connectivity index (χ3v) is 3.40. The Bertz CT molecular complexity index is 511. The molecule has 0 spiro atoms. The molecule has 0 radical (unpaired) electrons. The number of halogens is 1. The van der Waals surface area contributed by atoms with Gasteiger partial charge in [0.25, 0.3) is 0 Å². The molecule has 0 bridgehead atoms. The number of hydrogen-bond donors (Lipinski definition) is 0. The summed E-state index contributed by atoms with van der Waals surface area (Å²) in [4.78, 5) is 6.69. The lowest BCUT2D eigenvalue weighted by Crippen LogP contribution is -2.17. The molecule has 0 aliphatic heterocycles. The van der Waals surface area contributed by atoms with Crippen LogP contribution < -0.4 is 0 Å². The predicted octanol–water partition coefficient (Wildman–Crippen LogP) is 3.82. The standard InChI is InChI=1S/C16H19ClN2/c1-19(2)11-9-15(13-6-4-3-5-7-13)16-12-14(17)8-10-18-16/h3-8,10,12,15H,9,11H2,1-2H3. The van der Waals surface area contributed by atoms with Crippen molar-refractivity contribution in [2.45, 2.75) is 12.3 Å². The maximum absolute atomic E-state index is 6.09. The van der Waals surface area contributed by atoms with Gasteiger partial charge in [0.15, 0.2) is 0 Å². The molecule has 1 aromatic heterocycles. The molecule has 1 atom stereocenters. The Labute approximate surface area is 120 Å². The lowest BCUT2D eigenvalue weighted by molar-refractivity contribution is 0.389. The minimum atomic E-state index is 0.294. The number of benzene rings is 1. The summed E-state index contributed by atoms with van der Waals surface area (Å²) in [7, 11) is 4.18. The highest BCUT2D eigenvalue weighted by molar-refractivity contribution is 6.30. The number of pyridine rings is 1. The van der Waals surface area contributed by atoms with Crippen LogP contribution in [-0.2, 0) is 0 Å². The van der Waals surface area contributed by atoms with E-state index in [4.69, 9.17) is 11.6 Å². The van der Waals surface area contributed by atoms with Crippen LogP contribution in [0.2, 0.25) is 5.02 Å². The zero-order valence-electron chi connectivity index (χ0n) is 11.4. The zero-order valence-corrected chi connectivity index (χ0v) is 12.1. The number of hydrogen-bond acceptors (Lipinski definition) is 2. The number of nitrogens with zero attached hydrogens (tertiary/aromatic N) is 2. The smallest absolute Gasteiger partial charge is 0.0493 e. The number of rotatable bonds is 5. The first-order valence-corrected chi connectivity index (χ1v) is 6.86. The van der Waals surface area contributed by atoms with Gasteiger partial charge in [0.05, 0.1) is 0 Å². The van der Waals surface area contributed by atoms with Gasteiger partial charge in [-0.2, -0.15) is 0 Å². The van der Waals surface area contributed by atoms with E-state index in [2.05, 4.69) is 48.2 Å². The van der Waals surface area contributed by atoms with E-state index in [1.165, 1.54) is 5.56 Å². The van der Waals surface area contributed by atoms with E-state index in [-0.39, 0.29) is 0 Å². The van der Waals surface area contributed by atoms with Gasteiger partial charge in [-0.1, -0.05) is 41.9 Å². The van der Waals surface area contributed by atoms with Gasteiger partial charge in [0.1, 0.15) is 0 Å². The molecule has 0 aliphatic rings. The summed E-state index contributed by atoms with van der Waals surface area (Å²) < 4.78 is 0. The summed E-state index contributed by atoms with van der Waals surface area (Å²) in [6.45, 7) is 1.02. The molecule has 3 heteroatoms. The van der Waals surface area contributed by atoms with E-state index in [0.29, 0.717) is 5.92 Å². The maximum Gasteiger partial charge on any atom is 0.0493 e. The van der Waals surface area contributed by atoms with Crippen molar-refractivity contribution >= 4 is 11.6 Å². The highest BCUT2D eigenvalue weighted by Crippen LogP contribution is 2.27. The number of aromatic nitrogens is 1. The molecule has 0 amide bonds. The van der Waals surface area contributed by atoms with Crippen molar-refractivity contribution in [3.8, 4) is 0 Å². The first-order valence-electron chi connectivity index (χ1n) is 6.48. The Hall–Kier alpha value is -1.38. The van der Waals surface area contributed by atoms with E-state index in [1.54, 1.807) is 6.20 Å². The largest absolute Gasteiger partial charge is 0.309 e. The Morgan fingerprint density at radius 2 is 1.89 bits per heavy atom. The molecule has 2 aromatic rings. The van der Waals surface area contributed by atoms with Crippen LogP contribution in [0, 0.1) is 0 Å². The average Bonchev–Trinajstić information content (AvgIpc) is 2.40. The summed E-state index contributed by atoms with van der Waals surface area (Å²) >= 11 is 6.09. The highest BCUT2D eigenvalue weighted by Gasteiger charge is 2.15. The van der Waals surface area contributed by atoms with Crippen molar-refractivity contribution in [1.29, 1.82) is 0 Å². The summed E-state index contributed by atoms with van der Waals surface area (Å²) in [6, 6.07) is 14.3. The Balaban J connectivity index is 2.29. The molecule has 0 N–H and O–H groups in total. The van der Waals surface area contributed by atoms with Crippen LogP contribution in [-0.4, -0.2) is 30.5 Å². The molecule has 0 aliphatic carbocycles. The van der Waals surface area contributed by atoms with Crippen molar-refractivity contribution in [2.24, 2.45) is 0 Å². The molecular weight excluding hydrogens is 256 g/mol. The second-order valence-electron chi connectivity index (χ2n) is 4.95. The van der Waals surface area contributed by atoms with Crippen LogP contribution in [0.3, 0.4) is 0 Å². The molecule has 1 unspecified atom stereocenters. The molecule has 1 heterocycles. The van der Waals surface area contributed by atoms with Gasteiger partial charge in [-0.25, -0.2) is 0 Å². The first-order chi connectivity index (χ1) is 9.16. The predicted molar refractivity (Wildman–Crippen MR) is 80.7 cm³/mol. The van der Waals surface area contributed by atoms with E-state index in [0.717, 1.165) is 23.7 Å². The van der Waals surface area contributed by atoms with E-state index >= 15 is 0 Å². The van der Waals surface area contributed by atoms with Crippen molar-refractivity contribution in [2.75, 3.05) is 20.6 Å². The van der Waals surface area contributed by atoms with Crippen LogP contribution in [0.4, 0.5) is 0 Å². The summed E-state index contributed by atoms with van der Waals surface area (Å²) in [5.74, 6) is 0.294. The van der Waals surface area contributed by atoms with Crippen molar-refractivity contribution < 1.29 is 0 Å². The average molecular weight is 275 g/mol. The minimum Gasteiger partial charge on any atom is -0.309 e. The molecule has 0 saturated carbocycles. The summed E-state index contributed by atoms with van der Waals surface area (Å²) in [5.41, 5.74) is 2.33. The Morgan fingerprint density at radius 1 is 1.16 bits per heavy atom. The van der Waals surface area contributed by atoms with Crippen LogP contribution in [0.5, 0.6) is 0 Å². The topological polar surface area (TPSA) is 16.1 Å². The lowest BCUT2D eigenvalue weighted by Gasteiger charge is -2.19. The van der Waals surface area contributed by atoms with E-state index < -0.39 is 0 Å². The second-order valence-corrected chi connectivity index (χ2v) is 5.39. The van der Waals surface area contributed by atoms with E-state index in [1.807, 2.05) is 18.2 Å². The fourth-order valence-electron chi connectivity index (χ4n) is 2.17. The van der Waals surface area contributed by atoms with Gasteiger partial charge in [-0.3, -0.25) is 4.98 Å². The van der Waals surface area contributed by atoms with Gasteiger partial charge < -0.3 is 4.90 Å². The maximum atomic E-state index is 6.09. The Morgan fingerprint density at radius 3 is 2.53 bits per heavy atom. The van der Waals surface area contributed by atoms with Crippen LogP contribution in [0.1, 0.15) is 23.6 Å². The van der Waals surface area contributed by atoms with E-state index in [9.17, 15) is 0 Å². The van der Waals surface area contributed by atoms with Crippen molar-refractivity contribution in [3.63, 3.8) is 0 Å². The fraction of sp³-hybridized carbons (Fsp3) is 0.312. The molecule has 1 aromatic carbocycles. The van der Waals surface area contributed by atoms with Crippen molar-refractivity contribution in [1.82, 2.24) is 9.88 Å². The summed E-state index contributed by atoms with van der Waals surface area (Å²) in [5, 5.41) is 0.746. The van der Waals surface area contributed by atoms with Crippen LogP contribution >= 0.6 is 11.6 Å². The molecule has 0 fully saturated rings. The van der Waals surface area contributed by atoms with Gasteiger partial charge in [-0.15, -0.1) is 0 Å². The van der Waals surface area contributed by atoms with Crippen molar-refractivity contribution in [3.05, 3.63) is 64.9 Å². The molecule has 100 valence electrons. The molecule has 2 nitrogen and oxygen atoms in total. The molecule has 19 heavy (non-hydrogen) atoms. The second kappa shape index (κ2) is 6.69. The lowest BCUT2D eigenvalue weighted by atomic mass is 9.92. The molecule has 0 saturated heterocycles. The minimum absolute atomic E-state index is 0.294. The summed E-state index contributed by atoms with van der Waals surface area (Å²) in [6.07, 6.45) is 2.81. The third-order valence-electron chi connectivity index (χ3n) is 3.17. The fourth-order valence-corrected chi connectivity index (χ4v) is 2.34. The SMILES string of the molecule is CN(C)CCC(c1ccccc1)c1cc(Cl)ccn1. The van der Waals surface area contributed by atoms with Gasteiger partial charge in [0, 0.05) is 22.8 Å². The van der Waals surface area contributed by atoms with Gasteiger partial charge in [-0.05, 0) is 44.8 Å². The monoisotopic (exact) mass is 274 g/mol.